The minimum absolute atomic E-state index is 0.00460. The number of aromatic nitrogens is 3. The second kappa shape index (κ2) is 6.39. The van der Waals surface area contributed by atoms with E-state index in [2.05, 4.69) is 15.0 Å². The first-order valence-corrected chi connectivity index (χ1v) is 8.94. The summed E-state index contributed by atoms with van der Waals surface area (Å²) in [4.78, 5) is 23.6. The van der Waals surface area contributed by atoms with Gasteiger partial charge in [0.2, 0.25) is 11.6 Å². The summed E-state index contributed by atoms with van der Waals surface area (Å²) in [7, 11) is -0.519. The van der Waals surface area contributed by atoms with Crippen LogP contribution < -0.4 is 5.46 Å². The van der Waals surface area contributed by atoms with Crippen LogP contribution in [-0.2, 0) is 15.7 Å². The molecule has 1 saturated heterocycles. The summed E-state index contributed by atoms with van der Waals surface area (Å²) in [5, 5.41) is 8.92. The summed E-state index contributed by atoms with van der Waals surface area (Å²) in [5.41, 5.74) is 1.73. The SMILES string of the molecule is CC1(C)OB(c2cnc3oc(Cc4ccc(C(=O)O)nc4)nc3c2)OC1(C)C. The van der Waals surface area contributed by atoms with E-state index in [4.69, 9.17) is 18.8 Å². The molecule has 4 rings (SSSR count). The lowest BCUT2D eigenvalue weighted by atomic mass is 9.80. The molecule has 0 amide bonds. The third-order valence-corrected chi connectivity index (χ3v) is 5.24. The van der Waals surface area contributed by atoms with Crippen LogP contribution >= 0.6 is 0 Å². The zero-order valence-corrected chi connectivity index (χ0v) is 16.1. The Labute approximate surface area is 162 Å². The number of rotatable bonds is 4. The lowest BCUT2D eigenvalue weighted by molar-refractivity contribution is 0.00578. The molecule has 3 aromatic heterocycles. The first-order chi connectivity index (χ1) is 13.1. The Morgan fingerprint density at radius 2 is 1.82 bits per heavy atom. The third-order valence-electron chi connectivity index (χ3n) is 5.24. The van der Waals surface area contributed by atoms with E-state index < -0.39 is 24.3 Å². The molecule has 9 heteroatoms. The first kappa shape index (κ1) is 18.6. The Kier molecular flexibility index (Phi) is 4.24. The average Bonchev–Trinajstić information content (AvgIpc) is 3.11. The fraction of sp³-hybridized carbons (Fsp3) is 0.368. The van der Waals surface area contributed by atoms with E-state index in [1.807, 2.05) is 33.8 Å². The van der Waals surface area contributed by atoms with Gasteiger partial charge in [-0.1, -0.05) is 6.07 Å². The van der Waals surface area contributed by atoms with E-state index in [0.29, 0.717) is 23.5 Å². The molecular formula is C19H20BN3O5. The summed E-state index contributed by atoms with van der Waals surface area (Å²) < 4.78 is 17.8. The Morgan fingerprint density at radius 1 is 1.11 bits per heavy atom. The first-order valence-electron chi connectivity index (χ1n) is 8.94. The monoisotopic (exact) mass is 381 g/mol. The molecule has 0 atom stereocenters. The van der Waals surface area contributed by atoms with E-state index in [9.17, 15) is 4.79 Å². The van der Waals surface area contributed by atoms with Crippen LogP contribution in [0.15, 0.2) is 35.0 Å². The number of fused-ring (bicyclic) bond motifs is 1. The van der Waals surface area contributed by atoms with Gasteiger partial charge >= 0.3 is 13.1 Å². The molecule has 144 valence electrons. The van der Waals surface area contributed by atoms with Crippen LogP contribution in [0.25, 0.3) is 11.2 Å². The zero-order chi connectivity index (χ0) is 20.1. The van der Waals surface area contributed by atoms with Crippen molar-refractivity contribution < 1.29 is 23.6 Å². The van der Waals surface area contributed by atoms with Crippen LogP contribution in [0.5, 0.6) is 0 Å². The molecule has 1 fully saturated rings. The Hall–Kier alpha value is -2.78. The van der Waals surface area contributed by atoms with Crippen LogP contribution in [0.4, 0.5) is 0 Å². The van der Waals surface area contributed by atoms with E-state index in [-0.39, 0.29) is 5.69 Å². The number of hydrogen-bond donors (Lipinski definition) is 1. The van der Waals surface area contributed by atoms with E-state index in [0.717, 1.165) is 11.0 Å². The Morgan fingerprint density at radius 3 is 2.43 bits per heavy atom. The van der Waals surface area contributed by atoms with Crippen molar-refractivity contribution in [1.82, 2.24) is 15.0 Å². The van der Waals surface area contributed by atoms with Crippen LogP contribution in [-0.4, -0.2) is 44.3 Å². The van der Waals surface area contributed by atoms with Crippen LogP contribution in [0, 0.1) is 0 Å². The highest BCUT2D eigenvalue weighted by atomic mass is 16.7. The van der Waals surface area contributed by atoms with Crippen molar-refractivity contribution in [3.8, 4) is 0 Å². The van der Waals surface area contributed by atoms with Crippen molar-refractivity contribution >= 4 is 29.8 Å². The number of carbonyl (C=O) groups is 1. The largest absolute Gasteiger partial charge is 0.496 e. The van der Waals surface area contributed by atoms with Crippen molar-refractivity contribution in [2.24, 2.45) is 0 Å². The van der Waals surface area contributed by atoms with Crippen LogP contribution in [0.3, 0.4) is 0 Å². The zero-order valence-electron chi connectivity index (χ0n) is 16.1. The van der Waals surface area contributed by atoms with Crippen LogP contribution in [0.2, 0.25) is 0 Å². The third kappa shape index (κ3) is 3.27. The highest BCUT2D eigenvalue weighted by molar-refractivity contribution is 6.62. The summed E-state index contributed by atoms with van der Waals surface area (Å²) in [5.74, 6) is -0.591. The molecule has 8 nitrogen and oxygen atoms in total. The van der Waals surface area contributed by atoms with Crippen molar-refractivity contribution in [3.63, 3.8) is 0 Å². The number of hydrogen-bond acceptors (Lipinski definition) is 7. The highest BCUT2D eigenvalue weighted by Gasteiger charge is 2.51. The Balaban J connectivity index is 1.56. The molecule has 0 aliphatic carbocycles. The van der Waals surface area contributed by atoms with Gasteiger partial charge in [0.15, 0.2) is 0 Å². The average molecular weight is 381 g/mol. The molecule has 1 aliphatic rings. The van der Waals surface area contributed by atoms with E-state index in [1.165, 1.54) is 12.3 Å². The number of oxazole rings is 1. The standard InChI is InChI=1S/C19H20BN3O5/c1-18(2)19(3,4)28-20(27-18)12-8-14-16(22-10-12)26-15(23-14)7-11-5-6-13(17(24)25)21-9-11/h5-6,8-10H,7H2,1-4H3,(H,24,25). The van der Waals surface area contributed by atoms with Gasteiger partial charge in [-0.25, -0.2) is 19.7 Å². The van der Waals surface area contributed by atoms with Gasteiger partial charge in [0.1, 0.15) is 11.2 Å². The van der Waals surface area contributed by atoms with E-state index in [1.54, 1.807) is 12.3 Å². The number of aromatic carboxylic acids is 1. The lowest BCUT2D eigenvalue weighted by Gasteiger charge is -2.32. The van der Waals surface area contributed by atoms with Gasteiger partial charge in [-0.3, -0.25) is 0 Å². The van der Waals surface area contributed by atoms with Gasteiger partial charge in [-0.2, -0.15) is 0 Å². The van der Waals surface area contributed by atoms with Crippen molar-refractivity contribution in [3.05, 3.63) is 47.7 Å². The van der Waals surface area contributed by atoms with Gasteiger partial charge in [-0.15, -0.1) is 0 Å². The summed E-state index contributed by atoms with van der Waals surface area (Å²) in [6, 6.07) is 4.99. The molecule has 0 spiro atoms. The second-order valence-electron chi connectivity index (χ2n) is 7.82. The molecule has 0 aromatic carbocycles. The second-order valence-corrected chi connectivity index (χ2v) is 7.82. The molecule has 0 unspecified atom stereocenters. The number of carboxylic acid groups (broad SMARTS) is 1. The minimum Gasteiger partial charge on any atom is -0.477 e. The number of carboxylic acids is 1. The minimum atomic E-state index is -1.06. The molecule has 1 aliphatic heterocycles. The molecule has 1 N–H and O–H groups in total. The van der Waals surface area contributed by atoms with Crippen molar-refractivity contribution in [2.75, 3.05) is 0 Å². The maximum atomic E-state index is 10.9. The van der Waals surface area contributed by atoms with Gasteiger partial charge in [-0.05, 0) is 45.4 Å². The number of pyridine rings is 2. The lowest BCUT2D eigenvalue weighted by Crippen LogP contribution is -2.41. The van der Waals surface area contributed by atoms with Gasteiger partial charge < -0.3 is 18.8 Å². The quantitative estimate of drug-likeness (QED) is 0.686. The molecule has 28 heavy (non-hydrogen) atoms. The Bertz CT molecular complexity index is 1030. The highest BCUT2D eigenvalue weighted by Crippen LogP contribution is 2.36. The van der Waals surface area contributed by atoms with E-state index >= 15 is 0 Å². The summed E-state index contributed by atoms with van der Waals surface area (Å²) in [6.45, 7) is 7.99. The molecular weight excluding hydrogens is 361 g/mol. The maximum absolute atomic E-state index is 10.9. The predicted octanol–water partition coefficient (Wildman–Crippen LogP) is 2.21. The molecule has 0 saturated carbocycles. The predicted molar refractivity (Wildman–Crippen MR) is 102 cm³/mol. The van der Waals surface area contributed by atoms with Crippen molar-refractivity contribution in [2.45, 2.75) is 45.3 Å². The summed E-state index contributed by atoms with van der Waals surface area (Å²) in [6.07, 6.45) is 3.55. The fourth-order valence-electron chi connectivity index (χ4n) is 2.90. The van der Waals surface area contributed by atoms with Gasteiger partial charge in [0, 0.05) is 17.9 Å². The molecule has 0 bridgehead atoms. The number of nitrogens with zero attached hydrogens (tertiary/aromatic N) is 3. The fourth-order valence-corrected chi connectivity index (χ4v) is 2.90. The molecule has 4 heterocycles. The van der Waals surface area contributed by atoms with Crippen molar-refractivity contribution in [1.29, 1.82) is 0 Å². The van der Waals surface area contributed by atoms with Gasteiger partial charge in [0.05, 0.1) is 17.6 Å². The van der Waals surface area contributed by atoms with Crippen LogP contribution in [0.1, 0.15) is 49.6 Å². The molecule has 0 radical (unpaired) electrons. The maximum Gasteiger partial charge on any atom is 0.496 e. The van der Waals surface area contributed by atoms with Gasteiger partial charge in [0.25, 0.3) is 0 Å². The molecule has 3 aromatic rings. The summed E-state index contributed by atoms with van der Waals surface area (Å²) >= 11 is 0. The topological polar surface area (TPSA) is 108 Å². The normalized spacial score (nSPS) is 17.9. The smallest absolute Gasteiger partial charge is 0.477 e.